The first kappa shape index (κ1) is 6.16. The quantitative estimate of drug-likeness (QED) is 0.611. The van der Waals surface area contributed by atoms with E-state index in [-0.39, 0.29) is 5.88 Å². The van der Waals surface area contributed by atoms with Gasteiger partial charge in [-0.15, -0.1) is 0 Å². The van der Waals surface area contributed by atoms with Crippen LogP contribution in [-0.4, -0.2) is 10.1 Å². The monoisotopic (exact) mass is 144 g/mol. The summed E-state index contributed by atoms with van der Waals surface area (Å²) in [6.45, 7) is 0. The highest BCUT2D eigenvalue weighted by atomic mass is 16.3. The van der Waals surface area contributed by atoms with Crippen LogP contribution in [0.5, 0.6) is 5.88 Å². The van der Waals surface area contributed by atoms with Gasteiger partial charge >= 0.3 is 0 Å². The van der Waals surface area contributed by atoms with Crippen LogP contribution in [0.3, 0.4) is 0 Å². The first-order valence-corrected chi connectivity index (χ1v) is 3.32. The zero-order chi connectivity index (χ0) is 7.68. The second-order valence-corrected chi connectivity index (χ2v) is 2.27. The lowest BCUT2D eigenvalue weighted by Crippen LogP contribution is -1.76. The Morgan fingerprint density at radius 2 is 2.27 bits per heavy atom. The molecule has 1 N–H and O–H groups in total. The number of hydrogen-bond acceptors (Lipinski definition) is 2. The SMILES string of the molecule is Oc1nccc2[c]cccc12. The number of hydrogen-bond donors (Lipinski definition) is 1. The van der Waals surface area contributed by atoms with Gasteiger partial charge in [0, 0.05) is 11.6 Å². The summed E-state index contributed by atoms with van der Waals surface area (Å²) >= 11 is 0. The van der Waals surface area contributed by atoms with E-state index in [1.165, 1.54) is 0 Å². The summed E-state index contributed by atoms with van der Waals surface area (Å²) < 4.78 is 0. The van der Waals surface area contributed by atoms with Crippen LogP contribution in [0.4, 0.5) is 0 Å². The average Bonchev–Trinajstić information content (AvgIpc) is 2.06. The van der Waals surface area contributed by atoms with E-state index in [1.54, 1.807) is 6.20 Å². The van der Waals surface area contributed by atoms with Gasteiger partial charge in [0.25, 0.3) is 0 Å². The van der Waals surface area contributed by atoms with Crippen LogP contribution in [0, 0.1) is 6.07 Å². The van der Waals surface area contributed by atoms with Crippen molar-refractivity contribution in [3.63, 3.8) is 0 Å². The topological polar surface area (TPSA) is 33.1 Å². The predicted molar refractivity (Wildman–Crippen MR) is 42.2 cm³/mol. The van der Waals surface area contributed by atoms with Crippen molar-refractivity contribution in [2.75, 3.05) is 0 Å². The summed E-state index contributed by atoms with van der Waals surface area (Å²) in [6, 6.07) is 10.3. The van der Waals surface area contributed by atoms with E-state index < -0.39 is 0 Å². The summed E-state index contributed by atoms with van der Waals surface area (Å²) in [5.41, 5.74) is 0. The van der Waals surface area contributed by atoms with Crippen molar-refractivity contribution >= 4 is 10.8 Å². The van der Waals surface area contributed by atoms with Gasteiger partial charge in [0.2, 0.25) is 5.88 Å². The molecule has 1 aromatic carbocycles. The molecule has 0 bridgehead atoms. The van der Waals surface area contributed by atoms with Gasteiger partial charge < -0.3 is 5.11 Å². The maximum Gasteiger partial charge on any atom is 0.218 e. The lowest BCUT2D eigenvalue weighted by atomic mass is 10.2. The molecule has 0 atom stereocenters. The Hall–Kier alpha value is -1.57. The van der Waals surface area contributed by atoms with Gasteiger partial charge in [-0.25, -0.2) is 4.98 Å². The van der Waals surface area contributed by atoms with Crippen molar-refractivity contribution in [2.45, 2.75) is 0 Å². The number of pyridine rings is 1. The fourth-order valence-electron chi connectivity index (χ4n) is 1.03. The molecule has 0 aliphatic carbocycles. The molecule has 0 aliphatic heterocycles. The zero-order valence-electron chi connectivity index (χ0n) is 5.78. The largest absolute Gasteiger partial charge is 0.493 e. The summed E-state index contributed by atoms with van der Waals surface area (Å²) in [6.07, 6.45) is 1.56. The molecule has 1 aromatic heterocycles. The number of aromatic hydroxyl groups is 1. The Labute approximate surface area is 64.1 Å². The summed E-state index contributed by atoms with van der Waals surface area (Å²) in [5, 5.41) is 10.9. The minimum atomic E-state index is 0.0688. The van der Waals surface area contributed by atoms with Gasteiger partial charge in [-0.2, -0.15) is 0 Å². The fourth-order valence-corrected chi connectivity index (χ4v) is 1.03. The molecule has 0 unspecified atom stereocenters. The maximum absolute atomic E-state index is 9.24. The minimum Gasteiger partial charge on any atom is -0.493 e. The molecular weight excluding hydrogens is 138 g/mol. The van der Waals surface area contributed by atoms with Crippen molar-refractivity contribution in [3.05, 3.63) is 36.5 Å². The lowest BCUT2D eigenvalue weighted by Gasteiger charge is -1.96. The predicted octanol–water partition coefficient (Wildman–Crippen LogP) is 1.74. The smallest absolute Gasteiger partial charge is 0.218 e. The molecule has 53 valence electrons. The summed E-state index contributed by atoms with van der Waals surface area (Å²) in [5.74, 6) is 0.0688. The van der Waals surface area contributed by atoms with Crippen molar-refractivity contribution < 1.29 is 5.11 Å². The number of rotatable bonds is 0. The fraction of sp³-hybridized carbons (Fsp3) is 0. The van der Waals surface area contributed by atoms with Crippen molar-refractivity contribution in [1.82, 2.24) is 4.98 Å². The Bertz CT molecular complexity index is 379. The molecule has 2 aromatic rings. The van der Waals surface area contributed by atoms with Crippen molar-refractivity contribution in [3.8, 4) is 5.88 Å². The van der Waals surface area contributed by atoms with Crippen LogP contribution in [0.25, 0.3) is 10.8 Å². The van der Waals surface area contributed by atoms with Crippen molar-refractivity contribution in [2.24, 2.45) is 0 Å². The second kappa shape index (κ2) is 2.23. The van der Waals surface area contributed by atoms with Gasteiger partial charge in [0.05, 0.1) is 0 Å². The van der Waals surface area contributed by atoms with E-state index in [1.807, 2.05) is 24.3 Å². The molecule has 0 spiro atoms. The molecule has 0 fully saturated rings. The molecule has 2 rings (SSSR count). The first-order chi connectivity index (χ1) is 5.38. The van der Waals surface area contributed by atoms with Gasteiger partial charge in [0.15, 0.2) is 0 Å². The molecular formula is C9H6NO. The average molecular weight is 144 g/mol. The Morgan fingerprint density at radius 1 is 1.36 bits per heavy atom. The minimum absolute atomic E-state index is 0.0688. The lowest BCUT2D eigenvalue weighted by molar-refractivity contribution is 0.460. The molecule has 2 nitrogen and oxygen atoms in total. The second-order valence-electron chi connectivity index (χ2n) is 2.27. The van der Waals surface area contributed by atoms with E-state index in [9.17, 15) is 5.11 Å². The third-order valence-electron chi connectivity index (χ3n) is 1.57. The van der Waals surface area contributed by atoms with Crippen LogP contribution in [-0.2, 0) is 0 Å². The highest BCUT2D eigenvalue weighted by molar-refractivity contribution is 5.85. The third kappa shape index (κ3) is 0.923. The Kier molecular flexibility index (Phi) is 1.25. The van der Waals surface area contributed by atoms with Gasteiger partial charge in [-0.3, -0.25) is 0 Å². The van der Waals surface area contributed by atoms with Gasteiger partial charge in [0.1, 0.15) is 0 Å². The standard InChI is InChI=1S/C9H6NO/c11-9-8-4-2-1-3-7(8)5-6-10-9/h1-2,4-6H,(H,10,11). The molecule has 0 saturated carbocycles. The van der Waals surface area contributed by atoms with Gasteiger partial charge in [-0.1, -0.05) is 12.1 Å². The van der Waals surface area contributed by atoms with E-state index in [2.05, 4.69) is 11.1 Å². The van der Waals surface area contributed by atoms with Crippen LogP contribution in [0.1, 0.15) is 0 Å². The molecule has 11 heavy (non-hydrogen) atoms. The normalized spacial score (nSPS) is 10.2. The molecule has 1 radical (unpaired) electrons. The van der Waals surface area contributed by atoms with Crippen LogP contribution in [0.2, 0.25) is 0 Å². The molecule has 0 aliphatic rings. The van der Waals surface area contributed by atoms with E-state index in [4.69, 9.17) is 0 Å². The zero-order valence-corrected chi connectivity index (χ0v) is 5.78. The summed E-state index contributed by atoms with van der Waals surface area (Å²) in [4.78, 5) is 3.74. The third-order valence-corrected chi connectivity index (χ3v) is 1.57. The highest BCUT2D eigenvalue weighted by Gasteiger charge is 1.96. The maximum atomic E-state index is 9.24. The Morgan fingerprint density at radius 3 is 3.09 bits per heavy atom. The van der Waals surface area contributed by atoms with Crippen LogP contribution < -0.4 is 0 Å². The van der Waals surface area contributed by atoms with E-state index in [0.29, 0.717) is 0 Å². The number of nitrogens with zero attached hydrogens (tertiary/aromatic N) is 1. The molecule has 0 saturated heterocycles. The first-order valence-electron chi connectivity index (χ1n) is 3.32. The van der Waals surface area contributed by atoms with E-state index >= 15 is 0 Å². The number of aromatic nitrogens is 1. The molecule has 2 heteroatoms. The van der Waals surface area contributed by atoms with Crippen molar-refractivity contribution in [1.29, 1.82) is 0 Å². The highest BCUT2D eigenvalue weighted by Crippen LogP contribution is 2.19. The van der Waals surface area contributed by atoms with Gasteiger partial charge in [-0.05, 0) is 23.6 Å². The molecule has 0 amide bonds. The number of fused-ring (bicyclic) bond motifs is 1. The van der Waals surface area contributed by atoms with Crippen LogP contribution in [0.15, 0.2) is 30.5 Å². The van der Waals surface area contributed by atoms with E-state index in [0.717, 1.165) is 10.8 Å². The number of benzene rings is 1. The molecule has 1 heterocycles. The Balaban J connectivity index is 2.91. The van der Waals surface area contributed by atoms with Crippen LogP contribution >= 0.6 is 0 Å². The summed E-state index contributed by atoms with van der Waals surface area (Å²) in [7, 11) is 0.